The first kappa shape index (κ1) is 16.0. The number of anilines is 2. The maximum Gasteiger partial charge on any atom is 0.224 e. The molecule has 0 aromatic carbocycles. The zero-order chi connectivity index (χ0) is 15.2. The van der Waals surface area contributed by atoms with Crippen LogP contribution in [0.3, 0.4) is 0 Å². The van der Waals surface area contributed by atoms with Crippen LogP contribution >= 0.6 is 0 Å². The Morgan fingerprint density at radius 2 is 2.05 bits per heavy atom. The molecule has 1 N–H and O–H groups in total. The molecular weight excluding hydrogens is 262 g/mol. The summed E-state index contributed by atoms with van der Waals surface area (Å²) in [6.45, 7) is 8.61. The van der Waals surface area contributed by atoms with E-state index in [1.54, 1.807) is 0 Å². The van der Waals surface area contributed by atoms with Crippen LogP contribution in [0.15, 0.2) is 6.07 Å². The molecule has 118 valence electrons. The van der Waals surface area contributed by atoms with Gasteiger partial charge in [-0.25, -0.2) is 4.98 Å². The standard InChI is InChI=1S/C16H29N5/c1-5-8-17-16-18-13(2)11-15(19-16)21(4)12-14-6-9-20(3)10-7-14/h11,14H,5-10,12H2,1-4H3,(H,17,18,19). The number of aromatic nitrogens is 2. The summed E-state index contributed by atoms with van der Waals surface area (Å²) in [5, 5.41) is 3.28. The van der Waals surface area contributed by atoms with E-state index in [-0.39, 0.29) is 0 Å². The van der Waals surface area contributed by atoms with Crippen LogP contribution in [-0.2, 0) is 0 Å². The Morgan fingerprint density at radius 3 is 2.71 bits per heavy atom. The summed E-state index contributed by atoms with van der Waals surface area (Å²) in [4.78, 5) is 13.8. The van der Waals surface area contributed by atoms with E-state index in [9.17, 15) is 0 Å². The topological polar surface area (TPSA) is 44.3 Å². The molecule has 5 nitrogen and oxygen atoms in total. The number of hydrogen-bond donors (Lipinski definition) is 1. The van der Waals surface area contributed by atoms with Crippen LogP contribution in [0.4, 0.5) is 11.8 Å². The van der Waals surface area contributed by atoms with Crippen molar-refractivity contribution in [2.24, 2.45) is 5.92 Å². The quantitative estimate of drug-likeness (QED) is 0.872. The SMILES string of the molecule is CCCNc1nc(C)cc(N(C)CC2CCN(C)CC2)n1. The molecule has 0 radical (unpaired) electrons. The first-order valence-corrected chi connectivity index (χ1v) is 8.07. The largest absolute Gasteiger partial charge is 0.359 e. The second-order valence-corrected chi connectivity index (χ2v) is 6.25. The molecule has 5 heteroatoms. The van der Waals surface area contributed by atoms with Crippen molar-refractivity contribution in [1.82, 2.24) is 14.9 Å². The Labute approximate surface area is 128 Å². The lowest BCUT2D eigenvalue weighted by molar-refractivity contribution is 0.222. The van der Waals surface area contributed by atoms with Crippen molar-refractivity contribution in [1.29, 1.82) is 0 Å². The molecule has 0 atom stereocenters. The van der Waals surface area contributed by atoms with Crippen LogP contribution in [0, 0.1) is 12.8 Å². The van der Waals surface area contributed by atoms with Gasteiger partial charge in [0.05, 0.1) is 0 Å². The summed E-state index contributed by atoms with van der Waals surface area (Å²) in [5.41, 5.74) is 1.02. The van der Waals surface area contributed by atoms with Gasteiger partial charge in [-0.05, 0) is 52.2 Å². The molecule has 1 aromatic rings. The molecule has 0 unspecified atom stereocenters. The van der Waals surface area contributed by atoms with E-state index in [0.717, 1.165) is 42.9 Å². The minimum Gasteiger partial charge on any atom is -0.359 e. The highest BCUT2D eigenvalue weighted by Gasteiger charge is 2.19. The molecule has 0 aliphatic carbocycles. The molecule has 1 fully saturated rings. The smallest absolute Gasteiger partial charge is 0.224 e. The van der Waals surface area contributed by atoms with Gasteiger partial charge in [0, 0.05) is 31.9 Å². The second kappa shape index (κ2) is 7.59. The van der Waals surface area contributed by atoms with Crippen molar-refractivity contribution >= 4 is 11.8 Å². The Bertz CT molecular complexity index is 440. The Morgan fingerprint density at radius 1 is 1.33 bits per heavy atom. The van der Waals surface area contributed by atoms with E-state index in [0.29, 0.717) is 0 Å². The van der Waals surface area contributed by atoms with Gasteiger partial charge >= 0.3 is 0 Å². The highest BCUT2D eigenvalue weighted by atomic mass is 15.2. The summed E-state index contributed by atoms with van der Waals surface area (Å²) in [6.07, 6.45) is 3.65. The Kier molecular flexibility index (Phi) is 5.79. The van der Waals surface area contributed by atoms with Crippen molar-refractivity contribution in [3.8, 4) is 0 Å². The van der Waals surface area contributed by atoms with Gasteiger partial charge in [-0.1, -0.05) is 6.92 Å². The van der Waals surface area contributed by atoms with Crippen LogP contribution in [-0.4, -0.2) is 55.1 Å². The summed E-state index contributed by atoms with van der Waals surface area (Å²) < 4.78 is 0. The average Bonchev–Trinajstić information content (AvgIpc) is 2.47. The summed E-state index contributed by atoms with van der Waals surface area (Å²) >= 11 is 0. The highest BCUT2D eigenvalue weighted by molar-refractivity contribution is 5.44. The third kappa shape index (κ3) is 4.84. The number of hydrogen-bond acceptors (Lipinski definition) is 5. The molecule has 2 rings (SSSR count). The molecule has 1 saturated heterocycles. The number of nitrogens with one attached hydrogen (secondary N) is 1. The van der Waals surface area contributed by atoms with Crippen LogP contribution in [0.25, 0.3) is 0 Å². The van der Waals surface area contributed by atoms with Crippen LogP contribution in [0.2, 0.25) is 0 Å². The lowest BCUT2D eigenvalue weighted by Crippen LogP contribution is -2.36. The molecule has 0 saturated carbocycles. The number of aryl methyl sites for hydroxylation is 1. The monoisotopic (exact) mass is 291 g/mol. The molecule has 21 heavy (non-hydrogen) atoms. The van der Waals surface area contributed by atoms with E-state index in [4.69, 9.17) is 0 Å². The molecule has 1 aliphatic heterocycles. The number of nitrogens with zero attached hydrogens (tertiary/aromatic N) is 4. The molecule has 2 heterocycles. The Balaban J connectivity index is 1.97. The fourth-order valence-electron chi connectivity index (χ4n) is 2.79. The van der Waals surface area contributed by atoms with Gasteiger partial charge in [0.25, 0.3) is 0 Å². The third-order valence-corrected chi connectivity index (χ3v) is 4.14. The molecule has 1 aliphatic rings. The van der Waals surface area contributed by atoms with E-state index < -0.39 is 0 Å². The van der Waals surface area contributed by atoms with Gasteiger partial charge in [-0.15, -0.1) is 0 Å². The third-order valence-electron chi connectivity index (χ3n) is 4.14. The number of likely N-dealkylation sites (tertiary alicyclic amines) is 1. The fraction of sp³-hybridized carbons (Fsp3) is 0.750. The lowest BCUT2D eigenvalue weighted by atomic mass is 9.97. The van der Waals surface area contributed by atoms with Crippen LogP contribution in [0.5, 0.6) is 0 Å². The lowest BCUT2D eigenvalue weighted by Gasteiger charge is -2.32. The van der Waals surface area contributed by atoms with Crippen molar-refractivity contribution in [3.63, 3.8) is 0 Å². The van der Waals surface area contributed by atoms with Gasteiger partial charge in [0.2, 0.25) is 5.95 Å². The van der Waals surface area contributed by atoms with Crippen LogP contribution < -0.4 is 10.2 Å². The first-order valence-electron chi connectivity index (χ1n) is 8.07. The average molecular weight is 291 g/mol. The zero-order valence-electron chi connectivity index (χ0n) is 13.9. The summed E-state index contributed by atoms with van der Waals surface area (Å²) in [5.74, 6) is 2.55. The maximum atomic E-state index is 4.64. The zero-order valence-corrected chi connectivity index (χ0v) is 13.9. The summed E-state index contributed by atoms with van der Waals surface area (Å²) in [6, 6.07) is 2.08. The highest BCUT2D eigenvalue weighted by Crippen LogP contribution is 2.20. The number of rotatable bonds is 6. The van der Waals surface area contributed by atoms with E-state index in [1.807, 2.05) is 6.92 Å². The normalized spacial score (nSPS) is 17.0. The molecular formula is C16H29N5. The number of piperidine rings is 1. The molecule has 0 bridgehead atoms. The van der Waals surface area contributed by atoms with E-state index in [1.165, 1.54) is 25.9 Å². The fourth-order valence-corrected chi connectivity index (χ4v) is 2.79. The van der Waals surface area contributed by atoms with Crippen molar-refractivity contribution in [2.45, 2.75) is 33.1 Å². The van der Waals surface area contributed by atoms with Gasteiger partial charge in [-0.3, -0.25) is 0 Å². The van der Waals surface area contributed by atoms with E-state index >= 15 is 0 Å². The predicted octanol–water partition coefficient (Wildman–Crippen LogP) is 2.38. The van der Waals surface area contributed by atoms with E-state index in [2.05, 4.69) is 52.2 Å². The molecule has 1 aromatic heterocycles. The van der Waals surface area contributed by atoms with Crippen molar-refractivity contribution in [2.75, 3.05) is 50.5 Å². The van der Waals surface area contributed by atoms with Gasteiger partial charge in [0.1, 0.15) is 5.82 Å². The predicted molar refractivity (Wildman–Crippen MR) is 89.0 cm³/mol. The first-order chi connectivity index (χ1) is 10.1. The van der Waals surface area contributed by atoms with Crippen molar-refractivity contribution in [3.05, 3.63) is 11.8 Å². The summed E-state index contributed by atoms with van der Waals surface area (Å²) in [7, 11) is 4.35. The maximum absolute atomic E-state index is 4.64. The Hall–Kier alpha value is -1.36. The van der Waals surface area contributed by atoms with Crippen molar-refractivity contribution < 1.29 is 0 Å². The minimum absolute atomic E-state index is 0.752. The van der Waals surface area contributed by atoms with Gasteiger partial charge < -0.3 is 15.1 Å². The van der Waals surface area contributed by atoms with Gasteiger partial charge in [-0.2, -0.15) is 4.98 Å². The molecule has 0 amide bonds. The van der Waals surface area contributed by atoms with Gasteiger partial charge in [0.15, 0.2) is 0 Å². The molecule has 0 spiro atoms. The van der Waals surface area contributed by atoms with Crippen LogP contribution in [0.1, 0.15) is 31.9 Å². The minimum atomic E-state index is 0.752. The second-order valence-electron chi connectivity index (χ2n) is 6.25.